The molecule has 19 heavy (non-hydrogen) atoms. The van der Waals surface area contributed by atoms with Gasteiger partial charge in [-0.15, -0.1) is 11.3 Å². The van der Waals surface area contributed by atoms with Crippen molar-refractivity contribution in [1.82, 2.24) is 4.98 Å². The van der Waals surface area contributed by atoms with Crippen LogP contribution < -0.4 is 10.6 Å². The van der Waals surface area contributed by atoms with Crippen LogP contribution in [0.5, 0.6) is 0 Å². The normalized spacial score (nSPS) is 11.6. The van der Waals surface area contributed by atoms with Gasteiger partial charge in [0, 0.05) is 23.7 Å². The molecule has 0 saturated heterocycles. The highest BCUT2D eigenvalue weighted by Gasteiger charge is 2.13. The molecule has 2 aromatic rings. The third kappa shape index (κ3) is 3.00. The molecule has 0 aliphatic carbocycles. The fourth-order valence-electron chi connectivity index (χ4n) is 1.74. The zero-order valence-corrected chi connectivity index (χ0v) is 11.1. The lowest BCUT2D eigenvalue weighted by Crippen LogP contribution is -2.23. The standard InChI is InChI=1S/C12H13FN4OS/c1-17(5-9-6-19-7-15-9)11-3-2-8(13)4-10(11)12(14)16-18/h2-4,6-7,18H,5H2,1H3,(H2,14,16). The number of hydrogen-bond donors (Lipinski definition) is 2. The molecule has 5 nitrogen and oxygen atoms in total. The Hall–Kier alpha value is -2.15. The van der Waals surface area contributed by atoms with Crippen LogP contribution in [0.25, 0.3) is 0 Å². The minimum Gasteiger partial charge on any atom is -0.409 e. The molecular formula is C12H13FN4OS. The Labute approximate surface area is 113 Å². The van der Waals surface area contributed by atoms with Gasteiger partial charge in [0.15, 0.2) is 5.84 Å². The molecule has 1 aromatic carbocycles. The van der Waals surface area contributed by atoms with Gasteiger partial charge in [0.05, 0.1) is 17.7 Å². The second-order valence-corrected chi connectivity index (χ2v) is 4.70. The molecule has 3 N–H and O–H groups in total. The number of oxime groups is 1. The van der Waals surface area contributed by atoms with Crippen molar-refractivity contribution in [1.29, 1.82) is 0 Å². The Bertz CT molecular complexity index is 585. The van der Waals surface area contributed by atoms with Crippen molar-refractivity contribution in [3.63, 3.8) is 0 Å². The summed E-state index contributed by atoms with van der Waals surface area (Å²) in [7, 11) is 1.83. The number of thiazole rings is 1. The Morgan fingerprint density at radius 3 is 3.00 bits per heavy atom. The minimum absolute atomic E-state index is 0.125. The summed E-state index contributed by atoms with van der Waals surface area (Å²) in [6, 6.07) is 4.16. The van der Waals surface area contributed by atoms with Crippen molar-refractivity contribution < 1.29 is 9.60 Å². The van der Waals surface area contributed by atoms with Gasteiger partial charge in [-0.25, -0.2) is 9.37 Å². The highest BCUT2D eigenvalue weighted by atomic mass is 32.1. The van der Waals surface area contributed by atoms with Gasteiger partial charge in [-0.05, 0) is 18.2 Å². The Kier molecular flexibility index (Phi) is 3.96. The summed E-state index contributed by atoms with van der Waals surface area (Å²) in [5.74, 6) is -0.563. The van der Waals surface area contributed by atoms with Gasteiger partial charge >= 0.3 is 0 Å². The maximum absolute atomic E-state index is 13.3. The first-order valence-electron chi connectivity index (χ1n) is 5.47. The van der Waals surface area contributed by atoms with Crippen LogP contribution in [0.4, 0.5) is 10.1 Å². The topological polar surface area (TPSA) is 74.7 Å². The summed E-state index contributed by atoms with van der Waals surface area (Å²) in [6.07, 6.45) is 0. The maximum atomic E-state index is 13.3. The molecule has 0 fully saturated rings. The number of hydrogen-bond acceptors (Lipinski definition) is 5. The second-order valence-electron chi connectivity index (χ2n) is 3.98. The van der Waals surface area contributed by atoms with Crippen molar-refractivity contribution in [3.8, 4) is 0 Å². The third-order valence-corrected chi connectivity index (χ3v) is 3.27. The number of aromatic nitrogens is 1. The SMILES string of the molecule is CN(Cc1cscn1)c1ccc(F)cc1C(N)=NO. The number of nitrogens with zero attached hydrogens (tertiary/aromatic N) is 3. The van der Waals surface area contributed by atoms with E-state index in [1.165, 1.54) is 23.5 Å². The zero-order chi connectivity index (χ0) is 13.8. The third-order valence-electron chi connectivity index (χ3n) is 2.64. The summed E-state index contributed by atoms with van der Waals surface area (Å²) >= 11 is 1.51. The van der Waals surface area contributed by atoms with E-state index in [9.17, 15) is 4.39 Å². The van der Waals surface area contributed by atoms with Crippen LogP contribution in [0.3, 0.4) is 0 Å². The maximum Gasteiger partial charge on any atom is 0.172 e. The minimum atomic E-state index is -0.438. The average Bonchev–Trinajstić information content (AvgIpc) is 2.90. The van der Waals surface area contributed by atoms with E-state index >= 15 is 0 Å². The predicted molar refractivity (Wildman–Crippen MR) is 73.1 cm³/mol. The highest BCUT2D eigenvalue weighted by Crippen LogP contribution is 2.22. The van der Waals surface area contributed by atoms with Gasteiger partial charge in [-0.3, -0.25) is 0 Å². The fraction of sp³-hybridized carbons (Fsp3) is 0.167. The van der Waals surface area contributed by atoms with Crippen molar-refractivity contribution in [2.45, 2.75) is 6.54 Å². The van der Waals surface area contributed by atoms with E-state index in [1.807, 2.05) is 17.3 Å². The summed E-state index contributed by atoms with van der Waals surface area (Å²) in [5, 5.41) is 13.6. The van der Waals surface area contributed by atoms with Gasteiger partial charge in [0.2, 0.25) is 0 Å². The molecule has 1 aromatic heterocycles. The van der Waals surface area contributed by atoms with E-state index in [2.05, 4.69) is 10.1 Å². The number of nitrogens with two attached hydrogens (primary N) is 1. The largest absolute Gasteiger partial charge is 0.409 e. The molecule has 2 rings (SSSR count). The molecule has 0 radical (unpaired) electrons. The molecule has 0 atom stereocenters. The molecule has 0 unspecified atom stereocenters. The highest BCUT2D eigenvalue weighted by molar-refractivity contribution is 7.07. The summed E-state index contributed by atoms with van der Waals surface area (Å²) in [4.78, 5) is 6.05. The lowest BCUT2D eigenvalue weighted by atomic mass is 10.1. The zero-order valence-electron chi connectivity index (χ0n) is 10.2. The monoisotopic (exact) mass is 280 g/mol. The van der Waals surface area contributed by atoms with Crippen LogP contribution in [0.2, 0.25) is 0 Å². The molecule has 0 aliphatic heterocycles. The van der Waals surface area contributed by atoms with E-state index < -0.39 is 5.82 Å². The van der Waals surface area contributed by atoms with Crippen molar-refractivity contribution in [2.24, 2.45) is 10.9 Å². The first-order chi connectivity index (χ1) is 9.11. The van der Waals surface area contributed by atoms with Crippen LogP contribution in [-0.4, -0.2) is 23.1 Å². The quantitative estimate of drug-likeness (QED) is 0.389. The van der Waals surface area contributed by atoms with Crippen molar-refractivity contribution in [3.05, 3.63) is 46.2 Å². The molecule has 1 heterocycles. The molecule has 0 amide bonds. The van der Waals surface area contributed by atoms with E-state index in [4.69, 9.17) is 10.9 Å². The molecule has 0 bridgehead atoms. The number of anilines is 1. The molecule has 0 aliphatic rings. The average molecular weight is 280 g/mol. The molecule has 7 heteroatoms. The molecule has 0 spiro atoms. The fourth-order valence-corrected chi connectivity index (χ4v) is 2.29. The molecular weight excluding hydrogens is 267 g/mol. The number of amidine groups is 1. The van der Waals surface area contributed by atoms with Gasteiger partial charge in [0.25, 0.3) is 0 Å². The Balaban J connectivity index is 2.33. The second kappa shape index (κ2) is 5.66. The Morgan fingerprint density at radius 2 is 2.37 bits per heavy atom. The van der Waals surface area contributed by atoms with E-state index in [1.54, 1.807) is 11.6 Å². The number of rotatable bonds is 4. The number of halogens is 1. The van der Waals surface area contributed by atoms with E-state index in [-0.39, 0.29) is 5.84 Å². The first kappa shape index (κ1) is 13.3. The summed E-state index contributed by atoms with van der Waals surface area (Å²) < 4.78 is 13.3. The smallest absolute Gasteiger partial charge is 0.172 e. The van der Waals surface area contributed by atoms with E-state index in [0.717, 1.165) is 5.69 Å². The lowest BCUT2D eigenvalue weighted by Gasteiger charge is -2.21. The first-order valence-corrected chi connectivity index (χ1v) is 6.41. The Morgan fingerprint density at radius 1 is 1.58 bits per heavy atom. The van der Waals surface area contributed by atoms with Gasteiger partial charge in [0.1, 0.15) is 5.82 Å². The summed E-state index contributed by atoms with van der Waals surface area (Å²) in [6.45, 7) is 0.556. The van der Waals surface area contributed by atoms with Crippen LogP contribution in [0.1, 0.15) is 11.3 Å². The van der Waals surface area contributed by atoms with Gasteiger partial charge < -0.3 is 15.8 Å². The van der Waals surface area contributed by atoms with Crippen molar-refractivity contribution >= 4 is 22.9 Å². The molecule has 100 valence electrons. The van der Waals surface area contributed by atoms with Crippen LogP contribution >= 0.6 is 11.3 Å². The molecule has 0 saturated carbocycles. The van der Waals surface area contributed by atoms with Gasteiger partial charge in [-0.1, -0.05) is 5.16 Å². The summed E-state index contributed by atoms with van der Waals surface area (Å²) in [5.41, 5.74) is 9.24. The van der Waals surface area contributed by atoms with Crippen LogP contribution in [-0.2, 0) is 6.54 Å². The van der Waals surface area contributed by atoms with Crippen molar-refractivity contribution in [2.75, 3.05) is 11.9 Å². The van der Waals surface area contributed by atoms with Crippen LogP contribution in [0, 0.1) is 5.82 Å². The van der Waals surface area contributed by atoms with Gasteiger partial charge in [-0.2, -0.15) is 0 Å². The van der Waals surface area contributed by atoms with E-state index in [0.29, 0.717) is 17.8 Å². The number of benzene rings is 1. The van der Waals surface area contributed by atoms with Crippen LogP contribution in [0.15, 0.2) is 34.2 Å². The lowest BCUT2D eigenvalue weighted by molar-refractivity contribution is 0.318. The predicted octanol–water partition coefficient (Wildman–Crippen LogP) is 2.01.